The Bertz CT molecular complexity index is 1410. The van der Waals surface area contributed by atoms with Crippen molar-refractivity contribution in [3.63, 3.8) is 0 Å². The molecule has 2 amide bonds. The number of aliphatic hydroxyl groups excluding tert-OH is 1. The summed E-state index contributed by atoms with van der Waals surface area (Å²) in [6.07, 6.45) is 2.83. The van der Waals surface area contributed by atoms with E-state index in [1.165, 1.54) is 6.20 Å². The number of piperidine rings is 1. The second-order valence-corrected chi connectivity index (χ2v) is 9.63. The predicted molar refractivity (Wildman–Crippen MR) is 142 cm³/mol. The Kier molecular flexibility index (Phi) is 7.09. The largest absolute Gasteiger partial charge is 0.395 e. The van der Waals surface area contributed by atoms with Crippen LogP contribution >= 0.6 is 0 Å². The van der Waals surface area contributed by atoms with Gasteiger partial charge in [-0.1, -0.05) is 12.1 Å². The molecule has 0 aliphatic carbocycles. The Labute approximate surface area is 221 Å². The maximum Gasteiger partial charge on any atom is 0.257 e. The van der Waals surface area contributed by atoms with Gasteiger partial charge < -0.3 is 25.4 Å². The number of fused-ring (bicyclic) bond motifs is 2. The van der Waals surface area contributed by atoms with Crippen molar-refractivity contribution >= 4 is 23.3 Å². The lowest BCUT2D eigenvalue weighted by atomic mass is 9.83. The van der Waals surface area contributed by atoms with Gasteiger partial charge in [-0.3, -0.25) is 9.59 Å². The molecule has 1 fully saturated rings. The van der Waals surface area contributed by atoms with Crippen molar-refractivity contribution in [3.8, 4) is 6.07 Å². The zero-order chi connectivity index (χ0) is 26.7. The van der Waals surface area contributed by atoms with Gasteiger partial charge in [0.25, 0.3) is 11.8 Å². The van der Waals surface area contributed by atoms with Gasteiger partial charge in [0, 0.05) is 37.1 Å². The third-order valence-electron chi connectivity index (χ3n) is 7.26. The molecule has 5 rings (SSSR count). The highest BCUT2D eigenvalue weighted by atomic mass is 16.5. The number of hydrogen-bond acceptors (Lipinski definition) is 7. The SMILES string of the molecule is Cc1ccc(C(=O)N2CCC3(CC2)OCc2cc(C#N)ccc23)cc1NC(=O)c1ccc(NCCO)nc1. The third-order valence-corrected chi connectivity index (χ3v) is 7.26. The van der Waals surface area contributed by atoms with Crippen LogP contribution in [-0.4, -0.2) is 53.0 Å². The number of rotatable bonds is 6. The van der Waals surface area contributed by atoms with E-state index in [1.807, 2.05) is 36.1 Å². The zero-order valence-electron chi connectivity index (χ0n) is 21.2. The van der Waals surface area contributed by atoms with E-state index in [2.05, 4.69) is 21.7 Å². The normalized spacial score (nSPS) is 15.6. The summed E-state index contributed by atoms with van der Waals surface area (Å²) in [4.78, 5) is 32.2. The van der Waals surface area contributed by atoms with E-state index in [-0.39, 0.29) is 18.4 Å². The van der Waals surface area contributed by atoms with Crippen LogP contribution in [0.4, 0.5) is 11.5 Å². The number of carbonyl (C=O) groups is 2. The van der Waals surface area contributed by atoms with Crippen LogP contribution in [0.1, 0.15) is 55.8 Å². The van der Waals surface area contributed by atoms with Gasteiger partial charge in [-0.2, -0.15) is 5.26 Å². The van der Waals surface area contributed by atoms with Gasteiger partial charge in [0.15, 0.2) is 0 Å². The van der Waals surface area contributed by atoms with Crippen LogP contribution in [0.3, 0.4) is 0 Å². The fraction of sp³-hybridized carbons (Fsp3) is 0.310. The summed E-state index contributed by atoms with van der Waals surface area (Å²) in [5.41, 5.74) is 4.69. The van der Waals surface area contributed by atoms with Crippen LogP contribution in [0.5, 0.6) is 0 Å². The molecule has 1 aromatic heterocycles. The number of aromatic nitrogens is 1. The minimum absolute atomic E-state index is 0.0115. The fourth-order valence-electron chi connectivity index (χ4n) is 5.09. The fourth-order valence-corrected chi connectivity index (χ4v) is 5.09. The molecule has 0 atom stereocenters. The number of aryl methyl sites for hydroxylation is 1. The number of nitrogens with one attached hydrogen (secondary N) is 2. The average molecular weight is 512 g/mol. The number of anilines is 2. The van der Waals surface area contributed by atoms with E-state index in [1.54, 1.807) is 24.3 Å². The van der Waals surface area contributed by atoms with E-state index in [0.29, 0.717) is 67.3 Å². The molecule has 9 nitrogen and oxygen atoms in total. The molecule has 0 radical (unpaired) electrons. The van der Waals surface area contributed by atoms with E-state index in [9.17, 15) is 14.9 Å². The standard InChI is InChI=1S/C29H29N5O4/c1-19-2-4-21(15-25(19)33-27(36)22-5-7-26(32-17-22)31-10-13-35)28(37)34-11-8-29(9-12-34)24-6-3-20(16-30)14-23(24)18-38-29/h2-7,14-15,17,35H,8-13,18H2,1H3,(H,31,32)(H,33,36). The summed E-state index contributed by atoms with van der Waals surface area (Å²) in [5, 5.41) is 23.9. The van der Waals surface area contributed by atoms with Crippen LogP contribution in [0, 0.1) is 18.3 Å². The lowest BCUT2D eigenvalue weighted by molar-refractivity contribution is -0.0741. The number of nitriles is 1. The first-order chi connectivity index (χ1) is 18.4. The van der Waals surface area contributed by atoms with E-state index in [4.69, 9.17) is 9.84 Å². The average Bonchev–Trinajstić information content (AvgIpc) is 3.30. The van der Waals surface area contributed by atoms with Crippen molar-refractivity contribution in [1.29, 1.82) is 5.26 Å². The quantitative estimate of drug-likeness (QED) is 0.462. The first kappa shape index (κ1) is 25.4. The van der Waals surface area contributed by atoms with E-state index >= 15 is 0 Å². The van der Waals surface area contributed by atoms with Gasteiger partial charge in [-0.15, -0.1) is 0 Å². The Hall–Kier alpha value is -4.26. The van der Waals surface area contributed by atoms with Gasteiger partial charge in [-0.05, 0) is 72.9 Å². The molecule has 1 saturated heterocycles. The summed E-state index contributed by atoms with van der Waals surface area (Å²) in [6, 6.07) is 16.5. The van der Waals surface area contributed by atoms with Crippen molar-refractivity contribution < 1.29 is 19.4 Å². The molecule has 3 heterocycles. The predicted octanol–water partition coefficient (Wildman–Crippen LogP) is 3.58. The Morgan fingerprint density at radius 1 is 1.13 bits per heavy atom. The first-order valence-corrected chi connectivity index (χ1v) is 12.6. The number of benzene rings is 2. The minimum Gasteiger partial charge on any atom is -0.395 e. The van der Waals surface area contributed by atoms with Crippen LogP contribution in [-0.2, 0) is 16.9 Å². The Balaban J connectivity index is 1.25. The number of nitrogens with zero attached hydrogens (tertiary/aromatic N) is 3. The number of amides is 2. The van der Waals surface area contributed by atoms with Crippen molar-refractivity contribution in [2.75, 3.05) is 36.9 Å². The molecule has 0 saturated carbocycles. The third kappa shape index (κ3) is 4.96. The van der Waals surface area contributed by atoms with Crippen molar-refractivity contribution in [2.45, 2.75) is 32.0 Å². The molecule has 2 aliphatic heterocycles. The van der Waals surface area contributed by atoms with Gasteiger partial charge in [-0.25, -0.2) is 4.98 Å². The van der Waals surface area contributed by atoms with Crippen molar-refractivity contribution in [2.24, 2.45) is 0 Å². The number of pyridine rings is 1. The summed E-state index contributed by atoms with van der Waals surface area (Å²) in [7, 11) is 0. The highest BCUT2D eigenvalue weighted by Gasteiger charge is 2.43. The molecule has 0 bridgehead atoms. The molecule has 2 aliphatic rings. The molecule has 0 unspecified atom stereocenters. The highest BCUT2D eigenvalue weighted by molar-refractivity contribution is 6.05. The second-order valence-electron chi connectivity index (χ2n) is 9.63. The van der Waals surface area contributed by atoms with E-state index in [0.717, 1.165) is 16.7 Å². The summed E-state index contributed by atoms with van der Waals surface area (Å²) in [5.74, 6) is 0.158. The molecule has 9 heteroatoms. The lowest BCUT2D eigenvalue weighted by Gasteiger charge is -2.39. The summed E-state index contributed by atoms with van der Waals surface area (Å²) < 4.78 is 6.22. The Morgan fingerprint density at radius 2 is 1.92 bits per heavy atom. The molecule has 2 aromatic carbocycles. The number of carbonyl (C=O) groups excluding carboxylic acids is 2. The Morgan fingerprint density at radius 3 is 2.63 bits per heavy atom. The molecule has 3 aromatic rings. The first-order valence-electron chi connectivity index (χ1n) is 12.6. The van der Waals surface area contributed by atoms with Crippen LogP contribution in [0.25, 0.3) is 0 Å². The molecule has 38 heavy (non-hydrogen) atoms. The number of aliphatic hydroxyl groups is 1. The zero-order valence-corrected chi connectivity index (χ0v) is 21.2. The summed E-state index contributed by atoms with van der Waals surface area (Å²) in [6.45, 7) is 3.83. The van der Waals surface area contributed by atoms with Gasteiger partial charge >= 0.3 is 0 Å². The number of hydrogen-bond donors (Lipinski definition) is 3. The number of likely N-dealkylation sites (tertiary alicyclic amines) is 1. The minimum atomic E-state index is -0.413. The van der Waals surface area contributed by atoms with Gasteiger partial charge in [0.1, 0.15) is 5.82 Å². The maximum absolute atomic E-state index is 13.4. The summed E-state index contributed by atoms with van der Waals surface area (Å²) >= 11 is 0. The van der Waals surface area contributed by atoms with Crippen LogP contribution in [0.2, 0.25) is 0 Å². The van der Waals surface area contributed by atoms with Gasteiger partial charge in [0.2, 0.25) is 0 Å². The lowest BCUT2D eigenvalue weighted by Crippen LogP contribution is -2.45. The molecular formula is C29H29N5O4. The van der Waals surface area contributed by atoms with Crippen molar-refractivity contribution in [3.05, 3.63) is 88.1 Å². The maximum atomic E-state index is 13.4. The smallest absolute Gasteiger partial charge is 0.257 e. The monoisotopic (exact) mass is 511 g/mol. The van der Waals surface area contributed by atoms with E-state index < -0.39 is 5.60 Å². The van der Waals surface area contributed by atoms with Crippen LogP contribution < -0.4 is 10.6 Å². The highest BCUT2D eigenvalue weighted by Crippen LogP contribution is 2.44. The topological polar surface area (TPSA) is 128 Å². The molecular weight excluding hydrogens is 482 g/mol. The van der Waals surface area contributed by atoms with Gasteiger partial charge in [0.05, 0.1) is 36.0 Å². The number of ether oxygens (including phenoxy) is 1. The molecule has 194 valence electrons. The van der Waals surface area contributed by atoms with Crippen molar-refractivity contribution in [1.82, 2.24) is 9.88 Å². The molecule has 3 N–H and O–H groups in total. The van der Waals surface area contributed by atoms with Crippen LogP contribution in [0.15, 0.2) is 54.7 Å². The second kappa shape index (κ2) is 10.6. The molecule has 1 spiro atoms.